The first-order valence-electron chi connectivity index (χ1n) is 5.02. The summed E-state index contributed by atoms with van der Waals surface area (Å²) in [6, 6.07) is 0. The van der Waals surface area contributed by atoms with Gasteiger partial charge in [0.1, 0.15) is 6.20 Å². The molecule has 1 aromatic rings. The molecule has 0 atom stereocenters. The second kappa shape index (κ2) is 5.24. The first kappa shape index (κ1) is 12.2. The first-order valence-corrected chi connectivity index (χ1v) is 5.02. The summed E-state index contributed by atoms with van der Waals surface area (Å²) in [5.41, 5.74) is -0.403. The van der Waals surface area contributed by atoms with Crippen molar-refractivity contribution in [1.82, 2.24) is 15.1 Å². The van der Waals surface area contributed by atoms with Crippen molar-refractivity contribution in [2.75, 3.05) is 6.54 Å². The van der Waals surface area contributed by atoms with Crippen LogP contribution >= 0.6 is 0 Å². The minimum atomic E-state index is -0.609. The summed E-state index contributed by atoms with van der Waals surface area (Å²) in [5, 5.41) is 17.0. The van der Waals surface area contributed by atoms with Crippen LogP contribution in [0.15, 0.2) is 6.20 Å². The lowest BCUT2D eigenvalue weighted by atomic mass is 10.3. The number of hydrogen-bond donors (Lipinski definition) is 1. The normalized spacial score (nSPS) is 10.1. The highest BCUT2D eigenvalue weighted by molar-refractivity contribution is 5.95. The summed E-state index contributed by atoms with van der Waals surface area (Å²) in [4.78, 5) is 21.6. The maximum Gasteiger partial charge on any atom is 0.320 e. The Kier molecular flexibility index (Phi) is 3.98. The zero-order chi connectivity index (χ0) is 12.1. The van der Waals surface area contributed by atoms with Crippen molar-refractivity contribution in [1.29, 1.82) is 0 Å². The third-order valence-corrected chi connectivity index (χ3v) is 2.04. The second-order valence-corrected chi connectivity index (χ2v) is 3.40. The average Bonchev–Trinajstić information content (AvgIpc) is 2.61. The number of aromatic nitrogens is 2. The van der Waals surface area contributed by atoms with Gasteiger partial charge in [-0.15, -0.1) is 0 Å². The Hall–Kier alpha value is -1.92. The van der Waals surface area contributed by atoms with E-state index in [9.17, 15) is 14.9 Å². The molecule has 0 saturated carbocycles. The van der Waals surface area contributed by atoms with Crippen molar-refractivity contribution in [3.8, 4) is 0 Å². The van der Waals surface area contributed by atoms with E-state index >= 15 is 0 Å². The number of aryl methyl sites for hydroxylation is 1. The van der Waals surface area contributed by atoms with Crippen LogP contribution in [0.3, 0.4) is 0 Å². The van der Waals surface area contributed by atoms with Gasteiger partial charge < -0.3 is 5.32 Å². The van der Waals surface area contributed by atoms with Gasteiger partial charge in [-0.05, 0) is 6.42 Å². The molecule has 1 amide bonds. The zero-order valence-corrected chi connectivity index (χ0v) is 9.27. The Morgan fingerprint density at radius 3 is 2.94 bits per heavy atom. The van der Waals surface area contributed by atoms with Crippen molar-refractivity contribution < 1.29 is 9.72 Å². The van der Waals surface area contributed by atoms with Gasteiger partial charge in [-0.2, -0.15) is 5.10 Å². The van der Waals surface area contributed by atoms with E-state index in [0.29, 0.717) is 6.54 Å². The van der Waals surface area contributed by atoms with Crippen LogP contribution in [0.25, 0.3) is 0 Å². The predicted octanol–water partition coefficient (Wildman–Crippen LogP) is 0.858. The molecular weight excluding hydrogens is 212 g/mol. The summed E-state index contributed by atoms with van der Waals surface area (Å²) < 4.78 is 1.26. The fourth-order valence-electron chi connectivity index (χ4n) is 1.23. The molecule has 0 radical (unpaired) electrons. The fourth-order valence-corrected chi connectivity index (χ4v) is 1.23. The van der Waals surface area contributed by atoms with Crippen molar-refractivity contribution in [2.24, 2.45) is 7.05 Å². The van der Waals surface area contributed by atoms with E-state index < -0.39 is 10.8 Å². The Bertz CT molecular complexity index is 399. The lowest BCUT2D eigenvalue weighted by Crippen LogP contribution is -2.25. The molecule has 0 aliphatic heterocycles. The van der Waals surface area contributed by atoms with Crippen molar-refractivity contribution >= 4 is 11.6 Å². The van der Waals surface area contributed by atoms with Gasteiger partial charge in [0.15, 0.2) is 0 Å². The van der Waals surface area contributed by atoms with E-state index in [4.69, 9.17) is 0 Å². The summed E-state index contributed by atoms with van der Waals surface area (Å²) >= 11 is 0. The Morgan fingerprint density at radius 2 is 2.38 bits per heavy atom. The molecule has 7 heteroatoms. The van der Waals surface area contributed by atoms with Crippen molar-refractivity contribution in [3.63, 3.8) is 0 Å². The Morgan fingerprint density at radius 1 is 1.69 bits per heavy atom. The van der Waals surface area contributed by atoms with Gasteiger partial charge >= 0.3 is 5.69 Å². The molecule has 88 valence electrons. The van der Waals surface area contributed by atoms with E-state index in [0.717, 1.165) is 12.8 Å². The predicted molar refractivity (Wildman–Crippen MR) is 57.1 cm³/mol. The van der Waals surface area contributed by atoms with Crippen LogP contribution in [0.2, 0.25) is 0 Å². The van der Waals surface area contributed by atoms with E-state index in [1.807, 2.05) is 6.92 Å². The zero-order valence-electron chi connectivity index (χ0n) is 9.27. The number of rotatable bonds is 5. The topological polar surface area (TPSA) is 90.1 Å². The van der Waals surface area contributed by atoms with Gasteiger partial charge in [-0.25, -0.2) is 0 Å². The van der Waals surface area contributed by atoms with Gasteiger partial charge in [0.25, 0.3) is 5.91 Å². The number of amides is 1. The van der Waals surface area contributed by atoms with Gasteiger partial charge in [-0.1, -0.05) is 13.3 Å². The minimum absolute atomic E-state index is 0.136. The first-order chi connectivity index (χ1) is 7.56. The van der Waals surface area contributed by atoms with Crippen molar-refractivity contribution in [2.45, 2.75) is 19.8 Å². The maximum atomic E-state index is 11.6. The van der Waals surface area contributed by atoms with Crippen molar-refractivity contribution in [3.05, 3.63) is 22.0 Å². The molecule has 0 spiro atoms. The minimum Gasteiger partial charge on any atom is -0.350 e. The fraction of sp³-hybridized carbons (Fsp3) is 0.556. The number of nitrogens with zero attached hydrogens (tertiary/aromatic N) is 3. The molecule has 1 rings (SSSR count). The lowest BCUT2D eigenvalue weighted by molar-refractivity contribution is -0.385. The highest BCUT2D eigenvalue weighted by atomic mass is 16.6. The van der Waals surface area contributed by atoms with Crippen LogP contribution in [-0.2, 0) is 7.05 Å². The number of carbonyl (C=O) groups excluding carboxylic acids is 1. The molecular formula is C9H14N4O3. The Balaban J connectivity index is 2.78. The highest BCUT2D eigenvalue weighted by Crippen LogP contribution is 2.15. The summed E-state index contributed by atoms with van der Waals surface area (Å²) in [7, 11) is 1.54. The largest absolute Gasteiger partial charge is 0.350 e. The van der Waals surface area contributed by atoms with Crippen LogP contribution in [-0.4, -0.2) is 27.2 Å². The number of hydrogen-bond acceptors (Lipinski definition) is 4. The molecule has 0 aliphatic carbocycles. The maximum absolute atomic E-state index is 11.6. The monoisotopic (exact) mass is 226 g/mol. The molecule has 1 aromatic heterocycles. The lowest BCUT2D eigenvalue weighted by Gasteiger charge is -2.00. The van der Waals surface area contributed by atoms with Crippen LogP contribution in [0.4, 0.5) is 5.69 Å². The summed E-state index contributed by atoms with van der Waals surface area (Å²) in [5.74, 6) is -0.499. The smallest absolute Gasteiger partial charge is 0.320 e. The molecule has 0 unspecified atom stereocenters. The number of carbonyl (C=O) groups is 1. The second-order valence-electron chi connectivity index (χ2n) is 3.40. The van der Waals surface area contributed by atoms with E-state index in [1.165, 1.54) is 17.9 Å². The van der Waals surface area contributed by atoms with Crippen LogP contribution < -0.4 is 5.32 Å². The summed E-state index contributed by atoms with van der Waals surface area (Å²) in [6.45, 7) is 2.50. The van der Waals surface area contributed by atoms with Crippen LogP contribution in [0.1, 0.15) is 30.3 Å². The average molecular weight is 226 g/mol. The Labute approximate surface area is 92.6 Å². The third kappa shape index (κ3) is 2.78. The van der Waals surface area contributed by atoms with Gasteiger partial charge in [-0.3, -0.25) is 19.6 Å². The van der Waals surface area contributed by atoms with Crippen LogP contribution in [0.5, 0.6) is 0 Å². The molecule has 16 heavy (non-hydrogen) atoms. The molecule has 0 saturated heterocycles. The van der Waals surface area contributed by atoms with Gasteiger partial charge in [0.05, 0.1) is 4.92 Å². The third-order valence-electron chi connectivity index (χ3n) is 2.04. The number of nitrogens with one attached hydrogen (secondary N) is 1. The highest BCUT2D eigenvalue weighted by Gasteiger charge is 2.24. The van der Waals surface area contributed by atoms with E-state index in [2.05, 4.69) is 10.4 Å². The van der Waals surface area contributed by atoms with Crippen LogP contribution in [0, 0.1) is 10.1 Å². The van der Waals surface area contributed by atoms with E-state index in [1.54, 1.807) is 0 Å². The molecule has 7 nitrogen and oxygen atoms in total. The molecule has 0 fully saturated rings. The summed E-state index contributed by atoms with van der Waals surface area (Å²) in [6.07, 6.45) is 3.01. The SMILES string of the molecule is CCCCNC(=O)c1nn(C)cc1[N+](=O)[O-]. The van der Waals surface area contributed by atoms with Gasteiger partial charge in [0.2, 0.25) is 5.69 Å². The number of nitro groups is 1. The number of unbranched alkanes of at least 4 members (excludes halogenated alkanes) is 1. The molecule has 1 N–H and O–H groups in total. The molecule has 0 bridgehead atoms. The molecule has 0 aliphatic rings. The van der Waals surface area contributed by atoms with Gasteiger partial charge in [0, 0.05) is 13.6 Å². The van der Waals surface area contributed by atoms with E-state index in [-0.39, 0.29) is 11.4 Å². The molecule has 0 aromatic carbocycles. The quantitative estimate of drug-likeness (QED) is 0.458. The molecule has 1 heterocycles. The standard InChI is InChI=1S/C9H14N4O3/c1-3-4-5-10-9(14)8-7(13(15)16)6-12(2)11-8/h6H,3-5H2,1-2H3,(H,10,14).